The third-order valence-corrected chi connectivity index (χ3v) is 4.86. The fourth-order valence-electron chi connectivity index (χ4n) is 2.99. The van der Waals surface area contributed by atoms with Crippen LogP contribution in [-0.4, -0.2) is 27.8 Å². The molecule has 0 aromatic heterocycles. The Morgan fingerprint density at radius 3 is 2.20 bits per heavy atom. The zero-order chi connectivity index (χ0) is 22.3. The summed E-state index contributed by atoms with van der Waals surface area (Å²) in [4.78, 5) is 2.12. The van der Waals surface area contributed by atoms with Crippen molar-refractivity contribution >= 4 is 32.8 Å². The summed E-state index contributed by atoms with van der Waals surface area (Å²) in [6.07, 6.45) is 2.01. The Balaban J connectivity index is 2.57. The highest BCUT2D eigenvalue weighted by atomic mass is 32.2. The molecule has 0 aliphatic carbocycles. The first kappa shape index (κ1) is 22.9. The molecule has 0 amide bonds. The minimum absolute atomic E-state index is 0.154. The Bertz CT molecular complexity index is 1110. The highest BCUT2D eigenvalue weighted by Crippen LogP contribution is 2.34. The lowest BCUT2D eigenvalue weighted by atomic mass is 10.1. The molecular weight excluding hydrogens is 400 g/mol. The molecule has 0 heterocycles. The lowest BCUT2D eigenvalue weighted by Crippen LogP contribution is -2.23. The smallest absolute Gasteiger partial charge is 0.229 e. The van der Waals surface area contributed by atoms with Gasteiger partial charge < -0.3 is 4.90 Å². The van der Waals surface area contributed by atoms with Crippen LogP contribution in [0.4, 0.5) is 22.7 Å². The van der Waals surface area contributed by atoms with Gasteiger partial charge in [0, 0.05) is 18.8 Å². The van der Waals surface area contributed by atoms with Crippen molar-refractivity contribution in [1.29, 1.82) is 10.5 Å². The van der Waals surface area contributed by atoms with Gasteiger partial charge in [0.2, 0.25) is 10.0 Å². The zero-order valence-electron chi connectivity index (χ0n) is 17.5. The highest BCUT2D eigenvalue weighted by molar-refractivity contribution is 7.92. The van der Waals surface area contributed by atoms with Crippen LogP contribution in [0.3, 0.4) is 0 Å². The number of aryl methyl sites for hydroxylation is 1. The van der Waals surface area contributed by atoms with Crippen molar-refractivity contribution in [2.45, 2.75) is 27.2 Å². The van der Waals surface area contributed by atoms with Gasteiger partial charge in [0.25, 0.3) is 0 Å². The van der Waals surface area contributed by atoms with Gasteiger partial charge in [-0.2, -0.15) is 10.5 Å². The van der Waals surface area contributed by atoms with Crippen molar-refractivity contribution in [1.82, 2.24) is 0 Å². The molecule has 0 atom stereocenters. The van der Waals surface area contributed by atoms with Crippen molar-refractivity contribution in [2.75, 3.05) is 29.0 Å². The van der Waals surface area contributed by atoms with Gasteiger partial charge in [-0.25, -0.2) is 8.42 Å². The second-order valence-corrected chi connectivity index (χ2v) is 8.54. The maximum atomic E-state index is 11.9. The van der Waals surface area contributed by atoms with E-state index < -0.39 is 10.0 Å². The normalized spacial score (nSPS) is 11.1. The lowest BCUT2D eigenvalue weighted by Gasteiger charge is -2.23. The largest absolute Gasteiger partial charge is 0.372 e. The Hall–Kier alpha value is -3.43. The topological polar surface area (TPSA) is 122 Å². The van der Waals surface area contributed by atoms with Crippen molar-refractivity contribution in [3.8, 4) is 12.1 Å². The first-order chi connectivity index (χ1) is 14.2. The third-order valence-electron chi connectivity index (χ3n) is 4.27. The van der Waals surface area contributed by atoms with E-state index in [9.17, 15) is 18.9 Å². The maximum Gasteiger partial charge on any atom is 0.229 e. The van der Waals surface area contributed by atoms with E-state index >= 15 is 0 Å². The van der Waals surface area contributed by atoms with Gasteiger partial charge >= 0.3 is 0 Å². The van der Waals surface area contributed by atoms with Gasteiger partial charge in [0.1, 0.15) is 23.5 Å². The average Bonchev–Trinajstić information content (AvgIpc) is 2.69. The fourth-order valence-corrected chi connectivity index (χ4v) is 3.55. The first-order valence-electron chi connectivity index (χ1n) is 9.45. The van der Waals surface area contributed by atoms with E-state index in [1.54, 1.807) is 31.2 Å². The monoisotopic (exact) mass is 424 g/mol. The molecule has 2 rings (SSSR count). The van der Waals surface area contributed by atoms with Crippen molar-refractivity contribution in [3.63, 3.8) is 0 Å². The van der Waals surface area contributed by atoms with Crippen LogP contribution in [0.25, 0.3) is 0 Å². The van der Waals surface area contributed by atoms with Crippen LogP contribution in [0.5, 0.6) is 0 Å². The van der Waals surface area contributed by atoms with Crippen LogP contribution in [0.2, 0.25) is 0 Å². The fraction of sp³-hybridized carbons (Fsp3) is 0.333. The van der Waals surface area contributed by atoms with Crippen LogP contribution >= 0.6 is 0 Å². The van der Waals surface area contributed by atoms with Crippen molar-refractivity contribution in [2.24, 2.45) is 10.2 Å². The molecule has 0 spiro atoms. The number of rotatable bonds is 8. The molecule has 2 aromatic rings. The average molecular weight is 425 g/mol. The van der Waals surface area contributed by atoms with Crippen molar-refractivity contribution < 1.29 is 8.42 Å². The maximum absolute atomic E-state index is 11.9. The van der Waals surface area contributed by atoms with Crippen LogP contribution < -0.4 is 9.62 Å². The van der Waals surface area contributed by atoms with Gasteiger partial charge in [0.05, 0.1) is 23.1 Å². The molecule has 0 fully saturated rings. The summed E-state index contributed by atoms with van der Waals surface area (Å²) in [5, 5.41) is 27.0. The van der Waals surface area contributed by atoms with Gasteiger partial charge in [-0.3, -0.25) is 4.72 Å². The summed E-state index contributed by atoms with van der Waals surface area (Å²) in [5.41, 5.74) is 2.79. The Labute approximate surface area is 177 Å². The summed E-state index contributed by atoms with van der Waals surface area (Å²) in [5.74, 6) is 0. The summed E-state index contributed by atoms with van der Waals surface area (Å²) < 4.78 is 26.2. The van der Waals surface area contributed by atoms with E-state index in [1.807, 2.05) is 25.1 Å². The van der Waals surface area contributed by atoms with E-state index in [0.717, 1.165) is 37.0 Å². The summed E-state index contributed by atoms with van der Waals surface area (Å²) in [7, 11) is -3.55. The predicted octanol–water partition coefficient (Wildman–Crippen LogP) is 4.76. The molecule has 156 valence electrons. The molecule has 0 aliphatic rings. The Morgan fingerprint density at radius 2 is 1.70 bits per heavy atom. The van der Waals surface area contributed by atoms with Crippen LogP contribution in [0, 0.1) is 29.6 Å². The summed E-state index contributed by atoms with van der Waals surface area (Å²) >= 11 is 0. The number of anilines is 2. The first-order valence-corrected chi connectivity index (χ1v) is 11.3. The molecule has 0 radical (unpaired) electrons. The lowest BCUT2D eigenvalue weighted by molar-refractivity contribution is 0.607. The van der Waals surface area contributed by atoms with E-state index in [1.165, 1.54) is 0 Å². The van der Waals surface area contributed by atoms with Gasteiger partial charge in [0.15, 0.2) is 0 Å². The highest BCUT2D eigenvalue weighted by Gasteiger charge is 2.13. The Morgan fingerprint density at radius 1 is 1.07 bits per heavy atom. The number of hydrogen-bond donors (Lipinski definition) is 1. The molecule has 1 N–H and O–H groups in total. The van der Waals surface area contributed by atoms with E-state index in [0.29, 0.717) is 0 Å². The summed E-state index contributed by atoms with van der Waals surface area (Å²) in [6, 6.07) is 12.5. The van der Waals surface area contributed by atoms with E-state index in [4.69, 9.17) is 0 Å². The van der Waals surface area contributed by atoms with Crippen LogP contribution in [0.15, 0.2) is 40.6 Å². The molecule has 9 heteroatoms. The number of nitrogens with one attached hydrogen (secondary N) is 1. The van der Waals surface area contributed by atoms with Crippen molar-refractivity contribution in [3.05, 3.63) is 47.0 Å². The van der Waals surface area contributed by atoms with E-state index in [2.05, 4.69) is 26.8 Å². The third kappa shape index (κ3) is 5.79. The molecule has 0 saturated heterocycles. The molecule has 0 bridgehead atoms. The second-order valence-electron chi connectivity index (χ2n) is 6.79. The van der Waals surface area contributed by atoms with E-state index in [-0.39, 0.29) is 28.2 Å². The molecule has 8 nitrogen and oxygen atoms in total. The molecule has 0 saturated carbocycles. The molecule has 2 aromatic carbocycles. The van der Waals surface area contributed by atoms with Crippen LogP contribution in [0.1, 0.15) is 37.0 Å². The minimum atomic E-state index is -3.55. The number of hydrogen-bond acceptors (Lipinski definition) is 7. The molecular formula is C21H24N6O2S. The number of azo groups is 1. The van der Waals surface area contributed by atoms with Crippen LogP contribution in [-0.2, 0) is 10.0 Å². The van der Waals surface area contributed by atoms with Gasteiger partial charge in [-0.15, -0.1) is 10.2 Å². The zero-order valence-corrected chi connectivity index (χ0v) is 18.3. The number of nitriles is 2. The minimum Gasteiger partial charge on any atom is -0.372 e. The predicted molar refractivity (Wildman–Crippen MR) is 118 cm³/mol. The standard InChI is InChI=1S/C21H24N6O2S/c1-5-9-27(6-2)18-7-8-19(20(12-18)26-30(4,28)29)24-25-21-16(13-22)10-15(3)11-17(21)14-23/h7-8,10-12,26H,5-6,9H2,1-4H3. The second kappa shape index (κ2) is 9.86. The SMILES string of the molecule is CCCN(CC)c1ccc(N=Nc2c(C#N)cc(C)cc2C#N)c(NS(C)(=O)=O)c1. The van der Waals surface area contributed by atoms with Gasteiger partial charge in [-0.05, 0) is 56.2 Å². The van der Waals surface area contributed by atoms with Gasteiger partial charge in [-0.1, -0.05) is 6.92 Å². The number of sulfonamides is 1. The number of nitrogens with zero attached hydrogens (tertiary/aromatic N) is 5. The summed E-state index contributed by atoms with van der Waals surface area (Å²) in [6.45, 7) is 7.48. The number of benzene rings is 2. The molecule has 0 aliphatic heterocycles. The molecule has 0 unspecified atom stereocenters. The quantitative estimate of drug-likeness (QED) is 0.612. The Kier molecular flexibility index (Phi) is 7.51. The molecule has 30 heavy (non-hydrogen) atoms.